The molecular weight excluding hydrogens is 462 g/mol. The zero-order valence-corrected chi connectivity index (χ0v) is 20.5. The van der Waals surface area contributed by atoms with Gasteiger partial charge >= 0.3 is 5.97 Å². The second-order valence-electron chi connectivity index (χ2n) is 7.91. The third kappa shape index (κ3) is 5.43. The van der Waals surface area contributed by atoms with Crippen molar-refractivity contribution in [2.45, 2.75) is 44.9 Å². The Morgan fingerprint density at radius 3 is 2.70 bits per heavy atom. The Labute approximate surface area is 198 Å². The Hall–Kier alpha value is -2.74. The fourth-order valence-electron chi connectivity index (χ4n) is 3.83. The van der Waals surface area contributed by atoms with Crippen LogP contribution in [0.25, 0.3) is 0 Å². The summed E-state index contributed by atoms with van der Waals surface area (Å²) in [4.78, 5) is 25.9. The van der Waals surface area contributed by atoms with Gasteiger partial charge in [0.2, 0.25) is 10.0 Å². The summed E-state index contributed by atoms with van der Waals surface area (Å²) in [5.74, 6) is -0.825. The Bertz CT molecular complexity index is 1190. The third-order valence-corrected chi connectivity index (χ3v) is 8.84. The number of fused-ring (bicyclic) bond motifs is 1. The van der Waals surface area contributed by atoms with Gasteiger partial charge < -0.3 is 10.1 Å². The summed E-state index contributed by atoms with van der Waals surface area (Å²) in [5.41, 5.74) is 1.52. The van der Waals surface area contributed by atoms with Crippen molar-refractivity contribution < 1.29 is 22.7 Å². The van der Waals surface area contributed by atoms with Crippen LogP contribution in [0.2, 0.25) is 0 Å². The number of ether oxygens (including phenoxy) is 1. The van der Waals surface area contributed by atoms with E-state index in [1.807, 2.05) is 0 Å². The number of nitrogens with zero attached hydrogens (tertiary/aromatic N) is 2. The summed E-state index contributed by atoms with van der Waals surface area (Å²) in [5, 5.41) is 12.7. The van der Waals surface area contributed by atoms with E-state index in [0.717, 1.165) is 29.7 Å². The largest absolute Gasteiger partial charge is 0.452 e. The van der Waals surface area contributed by atoms with Crippen molar-refractivity contribution in [3.63, 3.8) is 0 Å². The van der Waals surface area contributed by atoms with Crippen LogP contribution in [0.15, 0.2) is 29.2 Å². The second-order valence-corrected chi connectivity index (χ2v) is 11.0. The van der Waals surface area contributed by atoms with Crippen LogP contribution < -0.4 is 5.32 Å². The minimum Gasteiger partial charge on any atom is -0.452 e. The lowest BCUT2D eigenvalue weighted by atomic mass is 9.89. The first-order valence-electron chi connectivity index (χ1n) is 10.8. The lowest BCUT2D eigenvalue weighted by molar-refractivity contribution is -0.119. The minimum atomic E-state index is -3.73. The Morgan fingerprint density at radius 2 is 2.03 bits per heavy atom. The number of amides is 1. The molecule has 0 bridgehead atoms. The van der Waals surface area contributed by atoms with Crippen molar-refractivity contribution in [1.82, 2.24) is 4.31 Å². The van der Waals surface area contributed by atoms with Gasteiger partial charge in [-0.3, -0.25) is 4.79 Å². The normalized spacial score (nSPS) is 15.5. The minimum absolute atomic E-state index is 0.0119. The number of rotatable bonds is 8. The molecule has 1 aromatic heterocycles. The molecule has 1 atom stereocenters. The molecule has 10 heteroatoms. The molecule has 0 radical (unpaired) electrons. The molecular formula is C23H27N3O5S2. The van der Waals surface area contributed by atoms with Gasteiger partial charge in [-0.15, -0.1) is 11.3 Å². The first-order chi connectivity index (χ1) is 15.7. The van der Waals surface area contributed by atoms with Crippen molar-refractivity contribution in [3.8, 4) is 6.07 Å². The summed E-state index contributed by atoms with van der Waals surface area (Å²) in [6, 6.07) is 7.74. The SMILES string of the molecule is CCN(CC)S(=O)(=O)c1cccc(C(=O)OCC(=O)Nc2sc3c(c2C#N)CC[C@H](C)C3)c1. The monoisotopic (exact) mass is 489 g/mol. The molecule has 1 amide bonds. The topological polar surface area (TPSA) is 117 Å². The molecule has 0 saturated carbocycles. The molecule has 0 saturated heterocycles. The zero-order valence-electron chi connectivity index (χ0n) is 18.9. The molecule has 1 N–H and O–H groups in total. The molecule has 1 aliphatic rings. The number of hydrogen-bond donors (Lipinski definition) is 1. The predicted octanol–water partition coefficient (Wildman–Crippen LogP) is 3.57. The number of benzene rings is 1. The van der Waals surface area contributed by atoms with E-state index in [1.54, 1.807) is 13.8 Å². The number of hydrogen-bond acceptors (Lipinski definition) is 7. The van der Waals surface area contributed by atoms with Crippen molar-refractivity contribution in [1.29, 1.82) is 5.26 Å². The maximum Gasteiger partial charge on any atom is 0.338 e. The van der Waals surface area contributed by atoms with Gasteiger partial charge in [-0.05, 0) is 48.9 Å². The van der Waals surface area contributed by atoms with Crippen molar-refractivity contribution in [2.75, 3.05) is 25.0 Å². The van der Waals surface area contributed by atoms with Crippen LogP contribution in [0.5, 0.6) is 0 Å². The number of esters is 1. The lowest BCUT2D eigenvalue weighted by Crippen LogP contribution is -2.30. The van der Waals surface area contributed by atoms with E-state index in [2.05, 4.69) is 18.3 Å². The number of thiophene rings is 1. The van der Waals surface area contributed by atoms with Gasteiger partial charge in [0, 0.05) is 18.0 Å². The number of anilines is 1. The summed E-state index contributed by atoms with van der Waals surface area (Å²) < 4.78 is 31.8. The van der Waals surface area contributed by atoms with Crippen molar-refractivity contribution in [2.24, 2.45) is 5.92 Å². The maximum atomic E-state index is 12.7. The van der Waals surface area contributed by atoms with Gasteiger partial charge in [0.05, 0.1) is 16.0 Å². The average molecular weight is 490 g/mol. The van der Waals surface area contributed by atoms with Gasteiger partial charge in [-0.25, -0.2) is 13.2 Å². The first kappa shape index (κ1) is 24.9. The molecule has 33 heavy (non-hydrogen) atoms. The van der Waals surface area contributed by atoms with E-state index >= 15 is 0 Å². The molecule has 2 aromatic rings. The predicted molar refractivity (Wildman–Crippen MR) is 126 cm³/mol. The summed E-state index contributed by atoms with van der Waals surface area (Å²) in [6.45, 7) is 5.71. The maximum absolute atomic E-state index is 12.7. The van der Waals surface area contributed by atoms with E-state index < -0.39 is 28.5 Å². The van der Waals surface area contributed by atoms with E-state index in [9.17, 15) is 23.3 Å². The number of sulfonamides is 1. The summed E-state index contributed by atoms with van der Waals surface area (Å²) in [7, 11) is -3.73. The molecule has 0 fully saturated rings. The van der Waals surface area contributed by atoms with Gasteiger partial charge in [0.1, 0.15) is 11.1 Å². The van der Waals surface area contributed by atoms with Crippen molar-refractivity contribution in [3.05, 3.63) is 45.8 Å². The van der Waals surface area contributed by atoms with Gasteiger partial charge in [0.15, 0.2) is 6.61 Å². The fraction of sp³-hybridized carbons (Fsp3) is 0.435. The zero-order chi connectivity index (χ0) is 24.2. The molecule has 176 valence electrons. The highest BCUT2D eigenvalue weighted by molar-refractivity contribution is 7.89. The number of carbonyl (C=O) groups excluding carboxylic acids is 2. The highest BCUT2D eigenvalue weighted by Crippen LogP contribution is 2.39. The molecule has 3 rings (SSSR count). The van der Waals surface area contributed by atoms with Gasteiger partial charge in [-0.1, -0.05) is 26.8 Å². The highest BCUT2D eigenvalue weighted by atomic mass is 32.2. The molecule has 8 nitrogen and oxygen atoms in total. The fourth-order valence-corrected chi connectivity index (χ4v) is 6.71. The number of nitrogens with one attached hydrogen (secondary N) is 1. The third-order valence-electron chi connectivity index (χ3n) is 5.62. The quantitative estimate of drug-likeness (QED) is 0.567. The van der Waals surface area contributed by atoms with Gasteiger partial charge in [0.25, 0.3) is 5.91 Å². The molecule has 0 unspecified atom stereocenters. The smallest absolute Gasteiger partial charge is 0.338 e. The summed E-state index contributed by atoms with van der Waals surface area (Å²) in [6.07, 6.45) is 2.70. The van der Waals surface area contributed by atoms with Gasteiger partial charge in [-0.2, -0.15) is 9.57 Å². The Kier molecular flexibility index (Phi) is 7.89. The lowest BCUT2D eigenvalue weighted by Gasteiger charge is -2.18. The second kappa shape index (κ2) is 10.5. The van der Waals surface area contributed by atoms with Crippen LogP contribution in [-0.2, 0) is 32.4 Å². The van der Waals surface area contributed by atoms with Crippen LogP contribution in [0.1, 0.15) is 53.6 Å². The molecule has 1 heterocycles. The highest BCUT2D eigenvalue weighted by Gasteiger charge is 2.25. The molecule has 1 aromatic carbocycles. The van der Waals surface area contributed by atoms with Crippen LogP contribution in [0, 0.1) is 17.2 Å². The molecule has 0 aliphatic heterocycles. The van der Waals surface area contributed by atoms with E-state index in [0.29, 0.717) is 29.6 Å². The van der Waals surface area contributed by atoms with E-state index in [-0.39, 0.29) is 10.5 Å². The summed E-state index contributed by atoms with van der Waals surface area (Å²) >= 11 is 1.39. The van der Waals surface area contributed by atoms with Crippen molar-refractivity contribution >= 4 is 38.2 Å². The number of carbonyl (C=O) groups is 2. The van der Waals surface area contributed by atoms with Crippen LogP contribution in [0.4, 0.5) is 5.00 Å². The van der Waals surface area contributed by atoms with Crippen LogP contribution in [-0.4, -0.2) is 44.3 Å². The molecule has 0 spiro atoms. The Morgan fingerprint density at radius 1 is 1.30 bits per heavy atom. The number of nitriles is 1. The van der Waals surface area contributed by atoms with E-state index in [1.165, 1.54) is 39.9 Å². The van der Waals surface area contributed by atoms with Crippen LogP contribution >= 0.6 is 11.3 Å². The molecule has 1 aliphatic carbocycles. The van der Waals surface area contributed by atoms with Crippen LogP contribution in [0.3, 0.4) is 0 Å². The first-order valence-corrected chi connectivity index (χ1v) is 13.1. The Balaban J connectivity index is 1.66. The average Bonchev–Trinajstić information content (AvgIpc) is 3.13. The standard InChI is InChI=1S/C23H27N3O5S2/c1-4-26(5-2)33(29,30)17-8-6-7-16(12-17)23(28)31-14-21(27)25-22-19(13-24)18-10-9-15(3)11-20(18)32-22/h6-8,12,15H,4-5,9-11,14H2,1-3H3,(H,25,27)/t15-/m0/s1. The van der Waals surface area contributed by atoms with E-state index in [4.69, 9.17) is 4.74 Å².